The van der Waals surface area contributed by atoms with Gasteiger partial charge in [-0.25, -0.2) is 8.42 Å². The van der Waals surface area contributed by atoms with Gasteiger partial charge in [0.2, 0.25) is 0 Å². The first-order valence-electron chi connectivity index (χ1n) is 9.52. The number of sulfone groups is 1. The fourth-order valence-electron chi connectivity index (χ4n) is 4.35. The van der Waals surface area contributed by atoms with Gasteiger partial charge in [0, 0.05) is 17.1 Å². The highest BCUT2D eigenvalue weighted by Crippen LogP contribution is 2.43. The minimum Gasteiger partial charge on any atom is -0.361 e. The Balaban J connectivity index is 1.54. The predicted octanol–water partition coefficient (Wildman–Crippen LogP) is 5.93. The lowest BCUT2D eigenvalue weighted by molar-refractivity contribution is 0.513. The van der Waals surface area contributed by atoms with Crippen LogP contribution in [-0.2, 0) is 9.84 Å². The van der Waals surface area contributed by atoms with Crippen LogP contribution >= 0.6 is 11.3 Å². The molecule has 1 aliphatic heterocycles. The Morgan fingerprint density at radius 3 is 2.64 bits per heavy atom. The third-order valence-corrected chi connectivity index (χ3v) is 8.68. The lowest BCUT2D eigenvalue weighted by atomic mass is 9.88. The molecule has 5 heteroatoms. The van der Waals surface area contributed by atoms with Gasteiger partial charge in [-0.05, 0) is 70.0 Å². The second-order valence-electron chi connectivity index (χ2n) is 7.50. The summed E-state index contributed by atoms with van der Waals surface area (Å²) in [7, 11) is -3.11. The summed E-state index contributed by atoms with van der Waals surface area (Å²) >= 11 is 1.70. The predicted molar refractivity (Wildman–Crippen MR) is 117 cm³/mol. The van der Waals surface area contributed by atoms with E-state index in [9.17, 15) is 8.42 Å². The summed E-state index contributed by atoms with van der Waals surface area (Å²) in [5, 5.41) is 5.04. The summed E-state index contributed by atoms with van der Waals surface area (Å²) in [6, 6.07) is 18.3. The van der Waals surface area contributed by atoms with Crippen molar-refractivity contribution < 1.29 is 8.42 Å². The van der Waals surface area contributed by atoms with E-state index in [1.54, 1.807) is 11.3 Å². The van der Waals surface area contributed by atoms with Crippen molar-refractivity contribution in [3.8, 4) is 11.1 Å². The van der Waals surface area contributed by atoms with E-state index in [0.717, 1.165) is 11.1 Å². The zero-order chi connectivity index (χ0) is 19.1. The summed E-state index contributed by atoms with van der Waals surface area (Å²) in [5.41, 5.74) is 5.69. The highest BCUT2D eigenvalue weighted by atomic mass is 32.2. The number of benzene rings is 2. The molecule has 0 spiro atoms. The fourth-order valence-corrected chi connectivity index (χ4v) is 7.01. The fraction of sp³-hybridized carbons (Fsp3) is 0.217. The maximum atomic E-state index is 12.8. The molecule has 2 atom stereocenters. The Kier molecular flexibility index (Phi) is 4.37. The van der Waals surface area contributed by atoms with Crippen LogP contribution in [0.3, 0.4) is 0 Å². The summed E-state index contributed by atoms with van der Waals surface area (Å²) in [5.74, 6) is 0.480. The second kappa shape index (κ2) is 6.90. The molecule has 4 aromatic rings. The van der Waals surface area contributed by atoms with Crippen molar-refractivity contribution in [1.29, 1.82) is 0 Å². The summed E-state index contributed by atoms with van der Waals surface area (Å²) in [4.78, 5) is 3.39. The van der Waals surface area contributed by atoms with Gasteiger partial charge in [0.1, 0.15) is 0 Å². The van der Waals surface area contributed by atoms with Crippen molar-refractivity contribution in [3.63, 3.8) is 0 Å². The maximum Gasteiger partial charge on any atom is 0.157 e. The first-order chi connectivity index (χ1) is 13.6. The van der Waals surface area contributed by atoms with E-state index >= 15 is 0 Å². The molecule has 3 heterocycles. The SMILES string of the molecule is O=S1(=O)CC[C@@H](c2c[nH]c3ccc(-c4ccsc4)cc23)C[C@H]1c1ccccc1. The molecule has 2 aromatic carbocycles. The van der Waals surface area contributed by atoms with Crippen LogP contribution < -0.4 is 0 Å². The van der Waals surface area contributed by atoms with Gasteiger partial charge in [0.25, 0.3) is 0 Å². The molecule has 0 saturated carbocycles. The molecule has 1 N–H and O–H groups in total. The number of aromatic nitrogens is 1. The van der Waals surface area contributed by atoms with Gasteiger partial charge >= 0.3 is 0 Å². The van der Waals surface area contributed by atoms with Crippen LogP contribution in [0.4, 0.5) is 0 Å². The van der Waals surface area contributed by atoms with E-state index in [4.69, 9.17) is 0 Å². The largest absolute Gasteiger partial charge is 0.361 e. The highest BCUT2D eigenvalue weighted by molar-refractivity contribution is 7.91. The Hall–Kier alpha value is -2.37. The molecule has 1 fully saturated rings. The number of fused-ring (bicyclic) bond motifs is 1. The molecule has 0 bridgehead atoms. The van der Waals surface area contributed by atoms with Crippen LogP contribution in [0.15, 0.2) is 71.6 Å². The lowest BCUT2D eigenvalue weighted by Crippen LogP contribution is -2.26. The molecule has 3 nitrogen and oxygen atoms in total. The standard InChI is InChI=1S/C23H21NO2S2/c25-28(26)11-9-18(13-23(28)16-4-2-1-3-5-16)21-14-24-22-7-6-17(12-20(21)22)19-8-10-27-15-19/h1-8,10,12,14-15,18,23-24H,9,11,13H2/t18-,23+/m1/s1. The van der Waals surface area contributed by atoms with Gasteiger partial charge in [0.15, 0.2) is 9.84 Å². The zero-order valence-corrected chi connectivity index (χ0v) is 17.0. The topological polar surface area (TPSA) is 49.9 Å². The van der Waals surface area contributed by atoms with E-state index in [2.05, 4.69) is 46.2 Å². The molecular weight excluding hydrogens is 386 g/mol. The highest BCUT2D eigenvalue weighted by Gasteiger charge is 2.36. The average molecular weight is 408 g/mol. The molecule has 2 aromatic heterocycles. The van der Waals surface area contributed by atoms with Gasteiger partial charge in [0.05, 0.1) is 11.0 Å². The van der Waals surface area contributed by atoms with Crippen molar-refractivity contribution in [1.82, 2.24) is 4.98 Å². The summed E-state index contributed by atoms with van der Waals surface area (Å²) < 4.78 is 25.5. The van der Waals surface area contributed by atoms with E-state index in [0.29, 0.717) is 12.8 Å². The zero-order valence-electron chi connectivity index (χ0n) is 15.3. The maximum absolute atomic E-state index is 12.8. The number of hydrogen-bond acceptors (Lipinski definition) is 3. The van der Waals surface area contributed by atoms with E-state index < -0.39 is 15.1 Å². The molecule has 0 amide bonds. The van der Waals surface area contributed by atoms with Crippen molar-refractivity contribution in [2.75, 3.05) is 5.75 Å². The molecular formula is C23H21NO2S2. The molecule has 28 heavy (non-hydrogen) atoms. The third kappa shape index (κ3) is 3.09. The van der Waals surface area contributed by atoms with Crippen molar-refractivity contribution in [2.45, 2.75) is 24.0 Å². The van der Waals surface area contributed by atoms with Gasteiger partial charge in [-0.1, -0.05) is 36.4 Å². The lowest BCUT2D eigenvalue weighted by Gasteiger charge is -2.29. The van der Waals surface area contributed by atoms with Crippen molar-refractivity contribution >= 4 is 32.1 Å². The Morgan fingerprint density at radius 2 is 1.86 bits per heavy atom. The molecule has 0 radical (unpaired) electrons. The van der Waals surface area contributed by atoms with Crippen molar-refractivity contribution in [2.24, 2.45) is 0 Å². The molecule has 1 saturated heterocycles. The smallest absolute Gasteiger partial charge is 0.157 e. The molecule has 0 unspecified atom stereocenters. The van der Waals surface area contributed by atoms with Crippen LogP contribution in [0.25, 0.3) is 22.0 Å². The molecule has 0 aliphatic carbocycles. The number of thiophene rings is 1. The molecule has 5 rings (SSSR count). The number of aromatic amines is 1. The average Bonchev–Trinajstić information content (AvgIpc) is 3.38. The molecule has 142 valence electrons. The van der Waals surface area contributed by atoms with Crippen LogP contribution in [-0.4, -0.2) is 19.2 Å². The normalized spacial score (nSPS) is 21.7. The number of H-pyrrole nitrogens is 1. The van der Waals surface area contributed by atoms with Gasteiger partial charge in [-0.2, -0.15) is 11.3 Å². The molecule has 1 aliphatic rings. The van der Waals surface area contributed by atoms with Crippen LogP contribution in [0.1, 0.15) is 35.1 Å². The van der Waals surface area contributed by atoms with Crippen LogP contribution in [0, 0.1) is 0 Å². The quantitative estimate of drug-likeness (QED) is 0.457. The van der Waals surface area contributed by atoms with E-state index in [-0.39, 0.29) is 11.7 Å². The summed E-state index contributed by atoms with van der Waals surface area (Å²) in [6.07, 6.45) is 3.40. The Bertz CT molecular complexity index is 1210. The minimum atomic E-state index is -3.11. The van der Waals surface area contributed by atoms with Crippen LogP contribution in [0.2, 0.25) is 0 Å². The number of hydrogen-bond donors (Lipinski definition) is 1. The van der Waals surface area contributed by atoms with Gasteiger partial charge < -0.3 is 4.98 Å². The number of rotatable bonds is 3. The minimum absolute atomic E-state index is 0.236. The number of nitrogens with one attached hydrogen (secondary N) is 1. The second-order valence-corrected chi connectivity index (χ2v) is 10.6. The van der Waals surface area contributed by atoms with Crippen molar-refractivity contribution in [3.05, 3.63) is 82.7 Å². The van der Waals surface area contributed by atoms with Gasteiger partial charge in [-0.3, -0.25) is 0 Å². The van der Waals surface area contributed by atoms with E-state index in [1.807, 2.05) is 30.3 Å². The first-order valence-corrected chi connectivity index (χ1v) is 12.2. The van der Waals surface area contributed by atoms with Crippen LogP contribution in [0.5, 0.6) is 0 Å². The van der Waals surface area contributed by atoms with Gasteiger partial charge in [-0.15, -0.1) is 0 Å². The Labute approximate surface area is 169 Å². The summed E-state index contributed by atoms with van der Waals surface area (Å²) in [6.45, 7) is 0. The van der Waals surface area contributed by atoms with E-state index in [1.165, 1.54) is 22.1 Å². The Morgan fingerprint density at radius 1 is 1.00 bits per heavy atom. The first kappa shape index (κ1) is 17.7. The monoisotopic (exact) mass is 407 g/mol. The third-order valence-electron chi connectivity index (χ3n) is 5.86.